The number of aliphatic hydroxyl groups excluding tert-OH is 1. The molecule has 0 saturated carbocycles. The van der Waals surface area contributed by atoms with Gasteiger partial charge >= 0.3 is 0 Å². The van der Waals surface area contributed by atoms with Crippen LogP contribution in [0.2, 0.25) is 0 Å². The fourth-order valence-electron chi connectivity index (χ4n) is 1.57. The van der Waals surface area contributed by atoms with Crippen LogP contribution in [0.3, 0.4) is 0 Å². The third kappa shape index (κ3) is 5.71. The number of aliphatic hydroxyl groups is 1. The van der Waals surface area contributed by atoms with Crippen molar-refractivity contribution in [2.45, 2.75) is 39.3 Å². The molecule has 2 N–H and O–H groups in total. The van der Waals surface area contributed by atoms with Gasteiger partial charge in [-0.3, -0.25) is 0 Å². The second kappa shape index (κ2) is 7.30. The normalized spacial score (nSPS) is 12.8. The third-order valence-electron chi connectivity index (χ3n) is 2.45. The van der Waals surface area contributed by atoms with Crippen molar-refractivity contribution in [1.29, 1.82) is 0 Å². The van der Waals surface area contributed by atoms with Gasteiger partial charge < -0.3 is 15.2 Å². The Morgan fingerprint density at radius 1 is 1.29 bits per heavy atom. The van der Waals surface area contributed by atoms with E-state index in [0.29, 0.717) is 0 Å². The molecular weight excluding hydrogens is 214 g/mol. The summed E-state index contributed by atoms with van der Waals surface area (Å²) in [5.41, 5.74) is 1.25. The van der Waals surface area contributed by atoms with E-state index in [4.69, 9.17) is 9.84 Å². The Kier molecular flexibility index (Phi) is 6.01. The number of benzene rings is 1. The molecule has 0 fully saturated rings. The molecule has 0 spiro atoms. The summed E-state index contributed by atoms with van der Waals surface area (Å²) in [7, 11) is 0. The first-order valence-corrected chi connectivity index (χ1v) is 6.21. The highest BCUT2D eigenvalue weighted by Crippen LogP contribution is 2.15. The van der Waals surface area contributed by atoms with Crippen LogP contribution in [0.1, 0.15) is 26.3 Å². The molecular formula is C14H23NO2. The molecule has 0 aliphatic rings. The number of hydrogen-bond acceptors (Lipinski definition) is 3. The second-order valence-electron chi connectivity index (χ2n) is 4.60. The molecule has 0 bridgehead atoms. The lowest BCUT2D eigenvalue weighted by Crippen LogP contribution is -2.30. The highest BCUT2D eigenvalue weighted by Gasteiger charge is 2.01. The van der Waals surface area contributed by atoms with Gasteiger partial charge in [-0.1, -0.05) is 12.1 Å². The fourth-order valence-corrected chi connectivity index (χ4v) is 1.57. The minimum atomic E-state index is 0.157. The van der Waals surface area contributed by atoms with Crippen LogP contribution in [0.25, 0.3) is 0 Å². The molecule has 1 aromatic carbocycles. The van der Waals surface area contributed by atoms with E-state index in [1.807, 2.05) is 32.9 Å². The molecule has 3 nitrogen and oxygen atoms in total. The molecule has 0 aliphatic heterocycles. The van der Waals surface area contributed by atoms with Crippen molar-refractivity contribution in [3.8, 4) is 5.75 Å². The van der Waals surface area contributed by atoms with E-state index in [1.54, 1.807) is 0 Å². The molecule has 0 unspecified atom stereocenters. The molecule has 1 aromatic rings. The SMILES string of the molecule is CC(C)Oc1cccc(CCN[C@@H](C)CO)c1. The lowest BCUT2D eigenvalue weighted by molar-refractivity contribution is 0.242. The average molecular weight is 237 g/mol. The van der Waals surface area contributed by atoms with Gasteiger partial charge in [0.05, 0.1) is 12.7 Å². The smallest absolute Gasteiger partial charge is 0.119 e. The molecule has 0 aromatic heterocycles. The number of rotatable bonds is 7. The second-order valence-corrected chi connectivity index (χ2v) is 4.60. The Labute approximate surface area is 104 Å². The number of ether oxygens (including phenoxy) is 1. The molecule has 0 amide bonds. The van der Waals surface area contributed by atoms with Gasteiger partial charge in [-0.05, 0) is 51.4 Å². The van der Waals surface area contributed by atoms with Crippen molar-refractivity contribution in [3.63, 3.8) is 0 Å². The van der Waals surface area contributed by atoms with Crippen LogP contribution in [0.15, 0.2) is 24.3 Å². The molecule has 96 valence electrons. The van der Waals surface area contributed by atoms with Crippen LogP contribution in [0.4, 0.5) is 0 Å². The predicted octanol–water partition coefficient (Wildman–Crippen LogP) is 1.99. The van der Waals surface area contributed by atoms with E-state index in [1.165, 1.54) is 5.56 Å². The summed E-state index contributed by atoms with van der Waals surface area (Å²) < 4.78 is 5.64. The molecule has 0 radical (unpaired) electrons. The zero-order valence-corrected chi connectivity index (χ0v) is 10.9. The Bertz CT molecular complexity index is 326. The van der Waals surface area contributed by atoms with Crippen LogP contribution >= 0.6 is 0 Å². The highest BCUT2D eigenvalue weighted by atomic mass is 16.5. The molecule has 0 saturated heterocycles. The van der Waals surface area contributed by atoms with Gasteiger partial charge in [-0.2, -0.15) is 0 Å². The van der Waals surface area contributed by atoms with Crippen LogP contribution < -0.4 is 10.1 Å². The van der Waals surface area contributed by atoms with Crippen LogP contribution in [-0.4, -0.2) is 30.4 Å². The third-order valence-corrected chi connectivity index (χ3v) is 2.45. The van der Waals surface area contributed by atoms with Crippen LogP contribution in [0, 0.1) is 0 Å². The van der Waals surface area contributed by atoms with E-state index >= 15 is 0 Å². The van der Waals surface area contributed by atoms with Crippen molar-refractivity contribution in [2.24, 2.45) is 0 Å². The summed E-state index contributed by atoms with van der Waals surface area (Å²) in [6, 6.07) is 8.32. The Balaban J connectivity index is 2.43. The van der Waals surface area contributed by atoms with E-state index in [0.717, 1.165) is 18.7 Å². The van der Waals surface area contributed by atoms with Crippen LogP contribution in [0.5, 0.6) is 5.75 Å². The largest absolute Gasteiger partial charge is 0.491 e. The average Bonchev–Trinajstić information content (AvgIpc) is 2.28. The zero-order chi connectivity index (χ0) is 12.7. The van der Waals surface area contributed by atoms with Gasteiger partial charge in [0.1, 0.15) is 5.75 Å². The lowest BCUT2D eigenvalue weighted by Gasteiger charge is -2.12. The summed E-state index contributed by atoms with van der Waals surface area (Å²) in [6.07, 6.45) is 1.15. The van der Waals surface area contributed by atoms with E-state index in [2.05, 4.69) is 17.4 Å². The maximum atomic E-state index is 8.89. The maximum absolute atomic E-state index is 8.89. The summed E-state index contributed by atoms with van der Waals surface area (Å²) in [6.45, 7) is 7.07. The molecule has 1 atom stereocenters. The predicted molar refractivity (Wildman–Crippen MR) is 70.5 cm³/mol. The van der Waals surface area contributed by atoms with Gasteiger partial charge in [-0.15, -0.1) is 0 Å². The molecule has 0 heterocycles. The Hall–Kier alpha value is -1.06. The summed E-state index contributed by atoms with van der Waals surface area (Å²) in [5, 5.41) is 12.1. The molecule has 17 heavy (non-hydrogen) atoms. The summed E-state index contributed by atoms with van der Waals surface area (Å²) in [4.78, 5) is 0. The molecule has 3 heteroatoms. The van der Waals surface area contributed by atoms with Crippen molar-refractivity contribution >= 4 is 0 Å². The van der Waals surface area contributed by atoms with E-state index in [9.17, 15) is 0 Å². The topological polar surface area (TPSA) is 41.5 Å². The quantitative estimate of drug-likeness (QED) is 0.762. The van der Waals surface area contributed by atoms with Gasteiger partial charge in [0.25, 0.3) is 0 Å². The fraction of sp³-hybridized carbons (Fsp3) is 0.571. The molecule has 1 rings (SSSR count). The van der Waals surface area contributed by atoms with Crippen molar-refractivity contribution in [2.75, 3.05) is 13.2 Å². The minimum absolute atomic E-state index is 0.157. The van der Waals surface area contributed by atoms with Crippen molar-refractivity contribution in [1.82, 2.24) is 5.32 Å². The van der Waals surface area contributed by atoms with Crippen molar-refractivity contribution in [3.05, 3.63) is 29.8 Å². The van der Waals surface area contributed by atoms with Crippen molar-refractivity contribution < 1.29 is 9.84 Å². The van der Waals surface area contributed by atoms with E-state index < -0.39 is 0 Å². The lowest BCUT2D eigenvalue weighted by atomic mass is 10.1. The number of hydrogen-bond donors (Lipinski definition) is 2. The van der Waals surface area contributed by atoms with E-state index in [-0.39, 0.29) is 18.8 Å². The van der Waals surface area contributed by atoms with Gasteiger partial charge in [-0.25, -0.2) is 0 Å². The monoisotopic (exact) mass is 237 g/mol. The summed E-state index contributed by atoms with van der Waals surface area (Å²) in [5.74, 6) is 0.924. The molecule has 0 aliphatic carbocycles. The first kappa shape index (κ1) is 14.0. The summed E-state index contributed by atoms with van der Waals surface area (Å²) >= 11 is 0. The Morgan fingerprint density at radius 3 is 2.71 bits per heavy atom. The minimum Gasteiger partial charge on any atom is -0.491 e. The van der Waals surface area contributed by atoms with Gasteiger partial charge in [0.15, 0.2) is 0 Å². The zero-order valence-electron chi connectivity index (χ0n) is 10.9. The van der Waals surface area contributed by atoms with Gasteiger partial charge in [0, 0.05) is 6.04 Å². The Morgan fingerprint density at radius 2 is 2.06 bits per heavy atom. The first-order chi connectivity index (χ1) is 8.11. The van der Waals surface area contributed by atoms with Crippen LogP contribution in [-0.2, 0) is 6.42 Å². The number of nitrogens with one attached hydrogen (secondary N) is 1. The van der Waals surface area contributed by atoms with Gasteiger partial charge in [0.2, 0.25) is 0 Å². The highest BCUT2D eigenvalue weighted by molar-refractivity contribution is 5.28. The maximum Gasteiger partial charge on any atom is 0.119 e. The first-order valence-electron chi connectivity index (χ1n) is 6.21. The standard InChI is InChI=1S/C14H23NO2/c1-11(2)17-14-6-4-5-13(9-14)7-8-15-12(3)10-16/h4-6,9,11-12,15-16H,7-8,10H2,1-3H3/t12-/m0/s1.